The summed E-state index contributed by atoms with van der Waals surface area (Å²) < 4.78 is 0. The zero-order valence-corrected chi connectivity index (χ0v) is 9.50. The number of halogens is 1. The Labute approximate surface area is 94.9 Å². The molecule has 1 aromatic rings. The number of pyridine rings is 1. The number of nitrogens with one attached hydrogen (secondary N) is 1. The summed E-state index contributed by atoms with van der Waals surface area (Å²) in [6.45, 7) is 1.92. The minimum absolute atomic E-state index is 0.0220. The van der Waals surface area contributed by atoms with E-state index in [1.165, 1.54) is 0 Å². The number of aromatic nitrogens is 1. The van der Waals surface area contributed by atoms with Gasteiger partial charge < -0.3 is 5.32 Å². The maximum absolute atomic E-state index is 11.4. The van der Waals surface area contributed by atoms with Crippen LogP contribution in [0.4, 0.5) is 0 Å². The lowest BCUT2D eigenvalue weighted by Gasteiger charge is -2.12. The van der Waals surface area contributed by atoms with Crippen LogP contribution in [0.1, 0.15) is 31.5 Å². The molecule has 0 aliphatic rings. The zero-order valence-electron chi connectivity index (χ0n) is 8.74. The molecule has 1 heterocycles. The van der Waals surface area contributed by atoms with Crippen LogP contribution in [0.25, 0.3) is 0 Å². The first kappa shape index (κ1) is 12.0. The number of carbonyl (C=O) groups is 1. The molecule has 0 bridgehead atoms. The standard InChI is InChI=1S/C11H15ClN2O/c1-9(10-5-2-3-8-13-10)14-11(15)6-4-7-12/h2-3,5,8-9H,4,6-7H2,1H3,(H,14,15). The third-order valence-corrected chi connectivity index (χ3v) is 2.31. The summed E-state index contributed by atoms with van der Waals surface area (Å²) in [5.41, 5.74) is 0.872. The molecule has 1 N–H and O–H groups in total. The van der Waals surface area contributed by atoms with Crippen molar-refractivity contribution in [2.45, 2.75) is 25.8 Å². The molecule has 1 rings (SSSR count). The highest BCUT2D eigenvalue weighted by Gasteiger charge is 2.09. The first-order chi connectivity index (χ1) is 7.24. The Balaban J connectivity index is 2.42. The monoisotopic (exact) mass is 226 g/mol. The first-order valence-corrected chi connectivity index (χ1v) is 5.53. The fourth-order valence-corrected chi connectivity index (χ4v) is 1.38. The minimum atomic E-state index is -0.0472. The summed E-state index contributed by atoms with van der Waals surface area (Å²) >= 11 is 5.51. The molecule has 1 unspecified atom stereocenters. The Bertz CT molecular complexity index is 303. The summed E-state index contributed by atoms with van der Waals surface area (Å²) in [5, 5.41) is 2.87. The van der Waals surface area contributed by atoms with Gasteiger partial charge >= 0.3 is 0 Å². The van der Waals surface area contributed by atoms with E-state index in [4.69, 9.17) is 11.6 Å². The van der Waals surface area contributed by atoms with Gasteiger partial charge in [-0.25, -0.2) is 0 Å². The topological polar surface area (TPSA) is 42.0 Å². The van der Waals surface area contributed by atoms with Crippen LogP contribution in [0.5, 0.6) is 0 Å². The van der Waals surface area contributed by atoms with Crippen LogP contribution in [0.3, 0.4) is 0 Å². The number of hydrogen-bond donors (Lipinski definition) is 1. The SMILES string of the molecule is CC(NC(=O)CCCCl)c1ccccn1. The number of alkyl halides is 1. The van der Waals surface area contributed by atoms with Gasteiger partial charge in [-0.15, -0.1) is 11.6 Å². The largest absolute Gasteiger partial charge is 0.348 e. The third-order valence-electron chi connectivity index (χ3n) is 2.05. The van der Waals surface area contributed by atoms with Crippen molar-refractivity contribution >= 4 is 17.5 Å². The molecule has 1 amide bonds. The molecular formula is C11H15ClN2O. The fourth-order valence-electron chi connectivity index (χ4n) is 1.25. The second-order valence-electron chi connectivity index (χ2n) is 3.34. The normalized spacial score (nSPS) is 12.1. The summed E-state index contributed by atoms with van der Waals surface area (Å²) in [4.78, 5) is 15.6. The molecule has 1 aromatic heterocycles. The molecular weight excluding hydrogens is 212 g/mol. The Morgan fingerprint density at radius 1 is 1.60 bits per heavy atom. The molecule has 3 nitrogen and oxygen atoms in total. The van der Waals surface area contributed by atoms with Gasteiger partial charge in [0.2, 0.25) is 5.91 Å². The lowest BCUT2D eigenvalue weighted by molar-refractivity contribution is -0.121. The van der Waals surface area contributed by atoms with Gasteiger partial charge in [-0.3, -0.25) is 9.78 Å². The van der Waals surface area contributed by atoms with Gasteiger partial charge in [-0.1, -0.05) is 6.07 Å². The predicted octanol–water partition coefficient (Wildman–Crippen LogP) is 2.28. The van der Waals surface area contributed by atoms with E-state index in [1.807, 2.05) is 25.1 Å². The van der Waals surface area contributed by atoms with Crippen LogP contribution < -0.4 is 5.32 Å². The Hall–Kier alpha value is -1.09. The van der Waals surface area contributed by atoms with Crippen molar-refractivity contribution in [3.63, 3.8) is 0 Å². The highest BCUT2D eigenvalue weighted by molar-refractivity contribution is 6.17. The van der Waals surface area contributed by atoms with Crippen molar-refractivity contribution in [1.29, 1.82) is 0 Å². The molecule has 4 heteroatoms. The van der Waals surface area contributed by atoms with E-state index < -0.39 is 0 Å². The quantitative estimate of drug-likeness (QED) is 0.783. The number of hydrogen-bond acceptors (Lipinski definition) is 2. The fraction of sp³-hybridized carbons (Fsp3) is 0.455. The Kier molecular flexibility index (Phi) is 5.12. The molecule has 0 fully saturated rings. The van der Waals surface area contributed by atoms with Crippen molar-refractivity contribution in [1.82, 2.24) is 10.3 Å². The highest BCUT2D eigenvalue weighted by atomic mass is 35.5. The van der Waals surface area contributed by atoms with Crippen molar-refractivity contribution in [3.8, 4) is 0 Å². The van der Waals surface area contributed by atoms with Crippen LogP contribution in [-0.2, 0) is 4.79 Å². The number of rotatable bonds is 5. The molecule has 82 valence electrons. The van der Waals surface area contributed by atoms with E-state index in [0.717, 1.165) is 5.69 Å². The predicted molar refractivity (Wildman–Crippen MR) is 60.7 cm³/mol. The Morgan fingerprint density at radius 2 is 2.40 bits per heavy atom. The van der Waals surface area contributed by atoms with Crippen molar-refractivity contribution in [2.75, 3.05) is 5.88 Å². The van der Waals surface area contributed by atoms with Crippen molar-refractivity contribution < 1.29 is 4.79 Å². The van der Waals surface area contributed by atoms with E-state index >= 15 is 0 Å². The van der Waals surface area contributed by atoms with Gasteiger partial charge in [-0.2, -0.15) is 0 Å². The van der Waals surface area contributed by atoms with Crippen LogP contribution in [-0.4, -0.2) is 16.8 Å². The summed E-state index contributed by atoms with van der Waals surface area (Å²) in [5.74, 6) is 0.541. The highest BCUT2D eigenvalue weighted by Crippen LogP contribution is 2.08. The molecule has 1 atom stereocenters. The van der Waals surface area contributed by atoms with Gasteiger partial charge in [0.1, 0.15) is 0 Å². The molecule has 0 saturated heterocycles. The van der Waals surface area contributed by atoms with Crippen LogP contribution >= 0.6 is 11.6 Å². The maximum atomic E-state index is 11.4. The second kappa shape index (κ2) is 6.40. The van der Waals surface area contributed by atoms with Crippen molar-refractivity contribution in [3.05, 3.63) is 30.1 Å². The van der Waals surface area contributed by atoms with E-state index in [9.17, 15) is 4.79 Å². The minimum Gasteiger partial charge on any atom is -0.348 e. The third kappa shape index (κ3) is 4.30. The van der Waals surface area contributed by atoms with Gasteiger partial charge in [0.05, 0.1) is 11.7 Å². The van der Waals surface area contributed by atoms with Crippen molar-refractivity contribution in [2.24, 2.45) is 0 Å². The van der Waals surface area contributed by atoms with Gasteiger partial charge in [0.15, 0.2) is 0 Å². The van der Waals surface area contributed by atoms with Crippen LogP contribution in [0.15, 0.2) is 24.4 Å². The summed E-state index contributed by atoms with van der Waals surface area (Å²) in [6, 6.07) is 5.61. The molecule has 15 heavy (non-hydrogen) atoms. The number of nitrogens with zero attached hydrogens (tertiary/aromatic N) is 1. The average molecular weight is 227 g/mol. The molecule has 0 saturated carbocycles. The maximum Gasteiger partial charge on any atom is 0.220 e. The molecule has 0 radical (unpaired) electrons. The smallest absolute Gasteiger partial charge is 0.220 e. The number of carbonyl (C=O) groups excluding carboxylic acids is 1. The van der Waals surface area contributed by atoms with Gasteiger partial charge in [0.25, 0.3) is 0 Å². The molecule has 0 aromatic carbocycles. The average Bonchev–Trinajstić information content (AvgIpc) is 2.27. The number of amides is 1. The lowest BCUT2D eigenvalue weighted by Crippen LogP contribution is -2.26. The Morgan fingerprint density at radius 3 is 3.00 bits per heavy atom. The van der Waals surface area contributed by atoms with E-state index in [0.29, 0.717) is 18.7 Å². The van der Waals surface area contributed by atoms with Crippen LogP contribution in [0.2, 0.25) is 0 Å². The zero-order chi connectivity index (χ0) is 11.1. The lowest BCUT2D eigenvalue weighted by atomic mass is 10.2. The first-order valence-electron chi connectivity index (χ1n) is 5.00. The van der Waals surface area contributed by atoms with E-state index in [1.54, 1.807) is 6.20 Å². The van der Waals surface area contributed by atoms with E-state index in [-0.39, 0.29) is 11.9 Å². The summed E-state index contributed by atoms with van der Waals surface area (Å²) in [6.07, 6.45) is 2.90. The van der Waals surface area contributed by atoms with Crippen LogP contribution in [0, 0.1) is 0 Å². The molecule has 0 aliphatic heterocycles. The van der Waals surface area contributed by atoms with Gasteiger partial charge in [0, 0.05) is 18.5 Å². The molecule has 0 aliphatic carbocycles. The van der Waals surface area contributed by atoms with E-state index in [2.05, 4.69) is 10.3 Å². The second-order valence-corrected chi connectivity index (χ2v) is 3.71. The summed E-state index contributed by atoms with van der Waals surface area (Å²) in [7, 11) is 0. The molecule has 0 spiro atoms. The van der Waals surface area contributed by atoms with Gasteiger partial charge in [-0.05, 0) is 25.5 Å².